The fraction of sp³-hybridized carbons (Fsp3) is 0.182. The Hall–Kier alpha value is -3.14. The molecule has 0 N–H and O–H groups in total. The van der Waals surface area contributed by atoms with Crippen molar-refractivity contribution < 1.29 is 18.0 Å². The number of rotatable bonds is 8. The molecule has 1 amide bonds. The molecule has 8 nitrogen and oxygen atoms in total. The molecule has 0 bridgehead atoms. The van der Waals surface area contributed by atoms with Crippen molar-refractivity contribution >= 4 is 39.0 Å². The van der Waals surface area contributed by atoms with Crippen molar-refractivity contribution in [3.05, 3.63) is 83.4 Å². The third-order valence-electron chi connectivity index (χ3n) is 4.57. The number of carbonyl (C=O) groups is 2. The molecule has 0 saturated carbocycles. The lowest BCUT2D eigenvalue weighted by atomic mass is 10.1. The maximum absolute atomic E-state index is 13.2. The molecule has 0 radical (unpaired) electrons. The Balaban J connectivity index is 1.97. The van der Waals surface area contributed by atoms with Gasteiger partial charge in [-0.25, -0.2) is 22.7 Å². The van der Waals surface area contributed by atoms with E-state index in [1.165, 1.54) is 43.5 Å². The Morgan fingerprint density at radius 2 is 1.66 bits per heavy atom. The average molecular weight is 473 g/mol. The van der Waals surface area contributed by atoms with Crippen LogP contribution in [0.5, 0.6) is 0 Å². The van der Waals surface area contributed by atoms with Crippen molar-refractivity contribution in [2.75, 3.05) is 19.0 Å². The van der Waals surface area contributed by atoms with Crippen LogP contribution in [0.25, 0.3) is 0 Å². The Labute approximate surface area is 191 Å². The second kappa shape index (κ2) is 9.99. The van der Waals surface area contributed by atoms with Crippen molar-refractivity contribution in [1.82, 2.24) is 14.3 Å². The van der Waals surface area contributed by atoms with Gasteiger partial charge < -0.3 is 4.90 Å². The summed E-state index contributed by atoms with van der Waals surface area (Å²) in [6, 6.07) is 14.5. The summed E-state index contributed by atoms with van der Waals surface area (Å²) in [4.78, 5) is 34.8. The lowest BCUT2D eigenvalue weighted by Gasteiger charge is -2.24. The number of anilines is 1. The molecule has 1 aromatic heterocycles. The molecule has 0 spiro atoms. The van der Waals surface area contributed by atoms with Crippen molar-refractivity contribution in [1.29, 1.82) is 0 Å². The minimum Gasteiger partial charge on any atom is -0.308 e. The molecule has 10 heteroatoms. The highest BCUT2D eigenvalue weighted by atomic mass is 35.5. The van der Waals surface area contributed by atoms with E-state index in [0.29, 0.717) is 10.7 Å². The van der Waals surface area contributed by atoms with Crippen LogP contribution in [0.15, 0.2) is 71.9 Å². The number of Topliss-reactive ketones (excluding diaryl/α,β-unsaturated/α-hetero) is 1. The van der Waals surface area contributed by atoms with Crippen LogP contribution >= 0.6 is 11.6 Å². The Morgan fingerprint density at radius 3 is 2.31 bits per heavy atom. The van der Waals surface area contributed by atoms with Crippen molar-refractivity contribution in [3.8, 4) is 0 Å². The number of hydrogen-bond acceptors (Lipinski definition) is 6. The Kier molecular flexibility index (Phi) is 7.34. The van der Waals surface area contributed by atoms with E-state index < -0.39 is 28.1 Å². The van der Waals surface area contributed by atoms with Gasteiger partial charge in [-0.15, -0.1) is 0 Å². The normalized spacial score (nSPS) is 11.4. The van der Waals surface area contributed by atoms with E-state index in [1.54, 1.807) is 42.5 Å². The monoisotopic (exact) mass is 472 g/mol. The van der Waals surface area contributed by atoms with Crippen LogP contribution in [0.1, 0.15) is 22.6 Å². The maximum atomic E-state index is 13.2. The van der Waals surface area contributed by atoms with Crippen LogP contribution in [0, 0.1) is 0 Å². The molecule has 3 rings (SSSR count). The first kappa shape index (κ1) is 23.5. The van der Waals surface area contributed by atoms with Gasteiger partial charge in [0.2, 0.25) is 21.7 Å². The number of carbonyl (C=O) groups excluding carboxylic acids is 2. The van der Waals surface area contributed by atoms with Gasteiger partial charge in [0.05, 0.1) is 17.9 Å². The van der Waals surface area contributed by atoms with Gasteiger partial charge in [0, 0.05) is 37.2 Å². The molecular formula is C22H21ClN4O4S. The second-order valence-corrected chi connectivity index (χ2v) is 9.66. The van der Waals surface area contributed by atoms with Gasteiger partial charge in [-0.1, -0.05) is 29.8 Å². The highest BCUT2D eigenvalue weighted by Gasteiger charge is 2.24. The summed E-state index contributed by atoms with van der Waals surface area (Å²) in [5.74, 6) is -1.13. The molecule has 1 heterocycles. The lowest BCUT2D eigenvalue weighted by Crippen LogP contribution is -2.32. The van der Waals surface area contributed by atoms with Gasteiger partial charge in [-0.05, 0) is 42.0 Å². The fourth-order valence-electron chi connectivity index (χ4n) is 2.92. The van der Waals surface area contributed by atoms with E-state index in [0.717, 1.165) is 9.87 Å². The van der Waals surface area contributed by atoms with Crippen LogP contribution < -0.4 is 4.90 Å². The van der Waals surface area contributed by atoms with E-state index in [-0.39, 0.29) is 17.3 Å². The molecule has 0 fully saturated rings. The zero-order chi connectivity index (χ0) is 23.3. The van der Waals surface area contributed by atoms with Crippen molar-refractivity contribution in [2.45, 2.75) is 17.9 Å². The number of halogens is 1. The molecular weight excluding hydrogens is 452 g/mol. The van der Waals surface area contributed by atoms with Gasteiger partial charge >= 0.3 is 0 Å². The number of amides is 1. The summed E-state index contributed by atoms with van der Waals surface area (Å²) in [5, 5.41) is 0.493. The van der Waals surface area contributed by atoms with Crippen molar-refractivity contribution in [3.63, 3.8) is 0 Å². The van der Waals surface area contributed by atoms with Crippen LogP contribution in [0.3, 0.4) is 0 Å². The fourth-order valence-corrected chi connectivity index (χ4v) is 4.07. The molecule has 3 aromatic rings. The van der Waals surface area contributed by atoms with E-state index >= 15 is 0 Å². The first-order chi connectivity index (χ1) is 15.2. The molecule has 0 aliphatic rings. The number of nitrogens with zero attached hydrogens (tertiary/aromatic N) is 4. The molecule has 0 aliphatic heterocycles. The summed E-state index contributed by atoms with van der Waals surface area (Å²) >= 11 is 6.08. The number of hydrogen-bond donors (Lipinski definition) is 0. The summed E-state index contributed by atoms with van der Waals surface area (Å²) in [5.41, 5.74) is 1.05. The molecule has 2 aromatic carbocycles. The quantitative estimate of drug-likeness (QED) is 0.368. The first-order valence-corrected chi connectivity index (χ1v) is 11.4. The Bertz CT molecular complexity index is 1230. The standard InChI is InChI=1S/C22H21ClN4O4S/c1-26(2)32(30,31)19-9-4-8-18(13-19)27(15-16-6-3-7-17(23)12-16)21(29)14-20(28)22-24-10-5-11-25-22/h3-13H,14-15H2,1-2H3. The van der Waals surface area contributed by atoms with Crippen molar-refractivity contribution in [2.24, 2.45) is 0 Å². The molecule has 32 heavy (non-hydrogen) atoms. The number of benzene rings is 2. The molecule has 166 valence electrons. The summed E-state index contributed by atoms with van der Waals surface area (Å²) in [6.07, 6.45) is 2.36. The number of aromatic nitrogens is 2. The largest absolute Gasteiger partial charge is 0.308 e. The summed E-state index contributed by atoms with van der Waals surface area (Å²) in [7, 11) is -0.865. The molecule has 0 atom stereocenters. The zero-order valence-corrected chi connectivity index (χ0v) is 19.0. The predicted molar refractivity (Wildman–Crippen MR) is 121 cm³/mol. The highest BCUT2D eigenvalue weighted by Crippen LogP contribution is 2.24. The minimum absolute atomic E-state index is 0.0293. The summed E-state index contributed by atoms with van der Waals surface area (Å²) in [6.45, 7) is 0.0911. The molecule has 0 saturated heterocycles. The van der Waals surface area contributed by atoms with E-state index in [4.69, 9.17) is 11.6 Å². The van der Waals surface area contributed by atoms with Gasteiger partial charge in [0.1, 0.15) is 0 Å². The van der Waals surface area contributed by atoms with Crippen LogP contribution in [0.2, 0.25) is 5.02 Å². The van der Waals surface area contributed by atoms with E-state index in [2.05, 4.69) is 9.97 Å². The van der Waals surface area contributed by atoms with Gasteiger partial charge in [-0.2, -0.15) is 0 Å². The Morgan fingerprint density at radius 1 is 0.969 bits per heavy atom. The third kappa shape index (κ3) is 5.56. The lowest BCUT2D eigenvalue weighted by molar-refractivity contribution is -0.117. The molecule has 0 aliphatic carbocycles. The third-order valence-corrected chi connectivity index (χ3v) is 6.61. The zero-order valence-electron chi connectivity index (χ0n) is 17.5. The highest BCUT2D eigenvalue weighted by molar-refractivity contribution is 7.89. The predicted octanol–water partition coefficient (Wildman–Crippen LogP) is 3.19. The maximum Gasteiger partial charge on any atom is 0.242 e. The summed E-state index contributed by atoms with van der Waals surface area (Å²) < 4.78 is 26.2. The minimum atomic E-state index is -3.72. The van der Waals surface area contributed by atoms with Crippen LogP contribution in [-0.2, 0) is 21.4 Å². The average Bonchev–Trinajstić information content (AvgIpc) is 2.78. The van der Waals surface area contributed by atoms with Crippen LogP contribution in [-0.4, -0.2) is 48.5 Å². The van der Waals surface area contributed by atoms with Gasteiger partial charge in [0.15, 0.2) is 5.82 Å². The SMILES string of the molecule is CN(C)S(=O)(=O)c1cccc(N(Cc2cccc(Cl)c2)C(=O)CC(=O)c2ncccn2)c1. The number of ketones is 1. The van der Waals surface area contributed by atoms with Crippen LogP contribution in [0.4, 0.5) is 5.69 Å². The van der Waals surface area contributed by atoms with Gasteiger partial charge in [0.25, 0.3) is 0 Å². The second-order valence-electron chi connectivity index (χ2n) is 7.07. The molecule has 0 unspecified atom stereocenters. The van der Waals surface area contributed by atoms with E-state index in [9.17, 15) is 18.0 Å². The van der Waals surface area contributed by atoms with Gasteiger partial charge in [-0.3, -0.25) is 9.59 Å². The smallest absolute Gasteiger partial charge is 0.242 e. The first-order valence-electron chi connectivity index (χ1n) is 9.56. The number of sulfonamides is 1. The van der Waals surface area contributed by atoms with E-state index in [1.807, 2.05) is 0 Å². The topological polar surface area (TPSA) is 101 Å².